The molecule has 1 aliphatic rings. The first-order chi connectivity index (χ1) is 29.8. The number of aromatic amines is 1. The summed E-state index contributed by atoms with van der Waals surface area (Å²) in [5.41, 5.74) is 7.65. The van der Waals surface area contributed by atoms with E-state index in [9.17, 15) is 24.3 Å². The zero-order valence-electron chi connectivity index (χ0n) is 35.4. The Morgan fingerprint density at radius 2 is 1.55 bits per heavy atom. The second-order valence-electron chi connectivity index (χ2n) is 15.3. The molecule has 6 N–H and O–H groups in total. The van der Waals surface area contributed by atoms with Crippen LogP contribution in [0, 0.1) is 5.92 Å². The zero-order chi connectivity index (χ0) is 44.6. The highest BCUT2D eigenvalue weighted by molar-refractivity contribution is 6.38. The molecule has 0 fully saturated rings. The van der Waals surface area contributed by atoms with Gasteiger partial charge in [0.2, 0.25) is 17.7 Å². The minimum atomic E-state index is -1.63. The molecule has 62 heavy (non-hydrogen) atoms. The van der Waals surface area contributed by atoms with Gasteiger partial charge in [-0.2, -0.15) is 0 Å². The van der Waals surface area contributed by atoms with Gasteiger partial charge in [0.1, 0.15) is 30.0 Å². The zero-order valence-corrected chi connectivity index (χ0v) is 36.9. The van der Waals surface area contributed by atoms with Gasteiger partial charge < -0.3 is 50.1 Å². The van der Waals surface area contributed by atoms with Gasteiger partial charge in [-0.25, -0.2) is 4.79 Å². The number of nitrogens with zero attached hydrogens (tertiary/aromatic N) is 1. The van der Waals surface area contributed by atoms with Gasteiger partial charge in [0.05, 0.1) is 56.8 Å². The van der Waals surface area contributed by atoms with Crippen LogP contribution < -0.4 is 21.1 Å². The predicted octanol–water partition coefficient (Wildman–Crippen LogP) is 5.70. The van der Waals surface area contributed by atoms with E-state index in [4.69, 9.17) is 52.6 Å². The molecule has 3 aromatic carbocycles. The molecular formula is C45H57Cl2N5O10. The van der Waals surface area contributed by atoms with E-state index in [2.05, 4.69) is 15.6 Å². The molecule has 4 amide bonds. The maximum Gasteiger partial charge on any atom is 0.408 e. The number of ether oxygens (including phenoxy) is 5. The van der Waals surface area contributed by atoms with Crippen molar-refractivity contribution in [2.45, 2.75) is 70.1 Å². The highest BCUT2D eigenvalue weighted by atomic mass is 35.5. The molecule has 0 saturated carbocycles. The summed E-state index contributed by atoms with van der Waals surface area (Å²) in [5.74, 6) is -1.78. The van der Waals surface area contributed by atoms with Crippen LogP contribution in [0.5, 0.6) is 5.75 Å². The van der Waals surface area contributed by atoms with Crippen molar-refractivity contribution >= 4 is 57.9 Å². The standard InChI is InChI=1S/C45H57Cl2N5O10/c1-4-29(2)39(41(48)53)50-43(55)45(15-14-37-35(27-45)34-25-32(46)26-36(47)40(34)49-37)51-42(54)38(52(44(56)57)28-31-8-6-5-7-9-31)24-30-10-12-33(13-11-30)62-23-22-61-21-20-60-19-18-59-17-16-58-3/h5-13,25-26,29,38-39,49H,4,14-24,27-28H2,1-3H3,(H2,48,53)(H,50,55)(H,51,54)(H,56,57)/t29?,38-,39-,45+/m0/s1. The number of amides is 4. The van der Waals surface area contributed by atoms with E-state index in [1.165, 1.54) is 0 Å². The number of hydrogen-bond acceptors (Lipinski definition) is 9. The Kier molecular flexibility index (Phi) is 18.3. The molecule has 0 bridgehead atoms. The van der Waals surface area contributed by atoms with Crippen molar-refractivity contribution in [3.63, 3.8) is 0 Å². The number of primary amides is 1. The summed E-state index contributed by atoms with van der Waals surface area (Å²) in [6, 6.07) is 17.0. The number of carbonyl (C=O) groups excluding carboxylic acids is 3. The van der Waals surface area contributed by atoms with E-state index in [-0.39, 0.29) is 38.3 Å². The second-order valence-corrected chi connectivity index (χ2v) is 16.2. The monoisotopic (exact) mass is 897 g/mol. The lowest BCUT2D eigenvalue weighted by molar-refractivity contribution is -0.138. The number of halogens is 2. The summed E-state index contributed by atoms with van der Waals surface area (Å²) >= 11 is 13.0. The topological polar surface area (TPSA) is 204 Å². The molecular weight excluding hydrogens is 841 g/mol. The first kappa shape index (κ1) is 48.1. The molecule has 17 heteroatoms. The van der Waals surface area contributed by atoms with Crippen molar-refractivity contribution in [2.75, 3.05) is 60.0 Å². The van der Waals surface area contributed by atoms with Crippen LogP contribution in [0.1, 0.15) is 49.1 Å². The van der Waals surface area contributed by atoms with Crippen molar-refractivity contribution in [2.24, 2.45) is 11.7 Å². The lowest BCUT2D eigenvalue weighted by atomic mass is 9.78. The van der Waals surface area contributed by atoms with E-state index in [1.54, 1.807) is 74.7 Å². The number of nitrogens with one attached hydrogen (secondary N) is 3. The number of methoxy groups -OCH3 is 1. The molecule has 5 rings (SSSR count). The van der Waals surface area contributed by atoms with Crippen LogP contribution >= 0.6 is 23.2 Å². The maximum atomic E-state index is 14.9. The molecule has 1 aliphatic carbocycles. The van der Waals surface area contributed by atoms with Gasteiger partial charge in [-0.15, -0.1) is 0 Å². The van der Waals surface area contributed by atoms with E-state index >= 15 is 0 Å². The second kappa shape index (κ2) is 23.5. The first-order valence-corrected chi connectivity index (χ1v) is 21.5. The van der Waals surface area contributed by atoms with E-state index in [0.29, 0.717) is 96.9 Å². The number of carboxylic acid groups (broad SMARTS) is 1. The lowest BCUT2D eigenvalue weighted by Crippen LogP contribution is -2.67. The van der Waals surface area contributed by atoms with Gasteiger partial charge in [-0.1, -0.05) is 85.9 Å². The third-order valence-electron chi connectivity index (χ3n) is 11.0. The molecule has 1 unspecified atom stereocenters. The van der Waals surface area contributed by atoms with Crippen molar-refractivity contribution < 1.29 is 48.0 Å². The Morgan fingerprint density at radius 1 is 0.903 bits per heavy atom. The number of fused-ring (bicyclic) bond motifs is 3. The molecule has 15 nitrogen and oxygen atoms in total. The first-order valence-electron chi connectivity index (χ1n) is 20.7. The van der Waals surface area contributed by atoms with Gasteiger partial charge >= 0.3 is 6.09 Å². The average molecular weight is 899 g/mol. The SMILES string of the molecule is CCC(C)[C@H](NC(=O)[C@@]1(NC(=O)[C@H](Cc2ccc(OCCOCCOCCOCCOC)cc2)N(Cc2ccccc2)C(=O)O)CCc2[nH]c3c(Cl)cc(Cl)cc3c2C1)C(N)=O. The van der Waals surface area contributed by atoms with E-state index < -0.39 is 41.4 Å². The van der Waals surface area contributed by atoms with Crippen LogP contribution in [0.4, 0.5) is 4.79 Å². The number of aryl methyl sites for hydroxylation is 1. The number of carbonyl (C=O) groups is 4. The molecule has 4 atom stereocenters. The number of H-pyrrole nitrogens is 1. The minimum absolute atomic E-state index is 0.00586. The smallest absolute Gasteiger partial charge is 0.408 e. The van der Waals surface area contributed by atoms with E-state index in [1.807, 2.05) is 13.0 Å². The summed E-state index contributed by atoms with van der Waals surface area (Å²) in [5, 5.41) is 18.0. The van der Waals surface area contributed by atoms with Crippen LogP contribution in [0.2, 0.25) is 10.0 Å². The molecule has 0 spiro atoms. The Morgan fingerprint density at radius 3 is 2.16 bits per heavy atom. The largest absolute Gasteiger partial charge is 0.491 e. The number of hydrogen-bond donors (Lipinski definition) is 5. The van der Waals surface area contributed by atoms with Crippen LogP contribution in [-0.2, 0) is 59.1 Å². The highest BCUT2D eigenvalue weighted by Gasteiger charge is 2.47. The van der Waals surface area contributed by atoms with Gasteiger partial charge in [-0.3, -0.25) is 19.3 Å². The van der Waals surface area contributed by atoms with E-state index in [0.717, 1.165) is 16.2 Å². The van der Waals surface area contributed by atoms with Gasteiger partial charge in [0.25, 0.3) is 0 Å². The predicted molar refractivity (Wildman–Crippen MR) is 236 cm³/mol. The molecule has 1 heterocycles. The van der Waals surface area contributed by atoms with Crippen LogP contribution in [0.3, 0.4) is 0 Å². The normalized spacial score (nSPS) is 16.2. The van der Waals surface area contributed by atoms with Gasteiger partial charge in [0.15, 0.2) is 0 Å². The quantitative estimate of drug-likeness (QED) is 0.0514. The molecule has 0 aliphatic heterocycles. The molecule has 1 aromatic heterocycles. The number of aromatic nitrogens is 1. The van der Waals surface area contributed by atoms with Crippen LogP contribution in [0.15, 0.2) is 66.7 Å². The number of rotatable bonds is 25. The van der Waals surface area contributed by atoms with Crippen LogP contribution in [-0.4, -0.2) is 116 Å². The summed E-state index contributed by atoms with van der Waals surface area (Å²) in [6.07, 6.45) is -0.387. The Balaban J connectivity index is 1.36. The molecule has 336 valence electrons. The highest BCUT2D eigenvalue weighted by Crippen LogP contribution is 2.38. The summed E-state index contributed by atoms with van der Waals surface area (Å²) in [7, 11) is 1.62. The molecule has 4 aromatic rings. The fourth-order valence-electron chi connectivity index (χ4n) is 7.44. The van der Waals surface area contributed by atoms with Crippen molar-refractivity contribution in [3.05, 3.63) is 99.2 Å². The molecule has 0 radical (unpaired) electrons. The van der Waals surface area contributed by atoms with Crippen molar-refractivity contribution in [3.8, 4) is 5.75 Å². The van der Waals surface area contributed by atoms with Crippen LogP contribution in [0.25, 0.3) is 10.9 Å². The third kappa shape index (κ3) is 13.1. The van der Waals surface area contributed by atoms with Crippen molar-refractivity contribution in [1.29, 1.82) is 0 Å². The summed E-state index contributed by atoms with van der Waals surface area (Å²) in [4.78, 5) is 59.8. The Hall–Kier alpha value is -4.90. The Labute approximate surface area is 371 Å². The Bertz CT molecular complexity index is 2100. The van der Waals surface area contributed by atoms with Gasteiger partial charge in [0, 0.05) is 42.6 Å². The average Bonchev–Trinajstić information content (AvgIpc) is 3.62. The third-order valence-corrected chi connectivity index (χ3v) is 11.6. The fourth-order valence-corrected chi connectivity index (χ4v) is 7.98. The number of benzene rings is 3. The minimum Gasteiger partial charge on any atom is -0.491 e. The van der Waals surface area contributed by atoms with Crippen molar-refractivity contribution in [1.82, 2.24) is 20.5 Å². The summed E-state index contributed by atoms with van der Waals surface area (Å²) in [6.45, 7) is 6.98. The molecule has 0 saturated heterocycles. The lowest BCUT2D eigenvalue weighted by Gasteiger charge is -2.40. The maximum absolute atomic E-state index is 14.9. The number of nitrogens with two attached hydrogens (primary N) is 1. The summed E-state index contributed by atoms with van der Waals surface area (Å²) < 4.78 is 27.2. The van der Waals surface area contributed by atoms with Gasteiger partial charge in [-0.05, 0) is 59.7 Å². The fraction of sp³-hybridized carbons (Fsp3) is 0.467.